The van der Waals surface area contributed by atoms with E-state index < -0.39 is 18.0 Å². The number of nitrogens with one attached hydrogen (secondary N) is 1. The van der Waals surface area contributed by atoms with Crippen LogP contribution < -0.4 is 5.32 Å². The number of benzene rings is 1. The molecule has 6 nitrogen and oxygen atoms in total. The number of amides is 1. The molecule has 0 radical (unpaired) electrons. The number of anilines is 1. The molecular weight excluding hydrogens is 354 g/mol. The molecule has 3 aromatic rings. The number of hydrogen-bond acceptors (Lipinski definition) is 5. The quantitative estimate of drug-likeness (QED) is 0.708. The molecule has 0 saturated heterocycles. The highest BCUT2D eigenvalue weighted by molar-refractivity contribution is 6.30. The molecule has 0 bridgehead atoms. The van der Waals surface area contributed by atoms with Crippen LogP contribution in [0.5, 0.6) is 0 Å². The summed E-state index contributed by atoms with van der Waals surface area (Å²) >= 11 is 5.76. The van der Waals surface area contributed by atoms with Gasteiger partial charge in [-0.2, -0.15) is 0 Å². The van der Waals surface area contributed by atoms with Crippen molar-refractivity contribution in [1.82, 2.24) is 9.97 Å². The van der Waals surface area contributed by atoms with Crippen LogP contribution in [0.1, 0.15) is 23.0 Å². The molecule has 132 valence electrons. The van der Waals surface area contributed by atoms with E-state index in [-0.39, 0.29) is 0 Å². The number of hydrogen-bond donors (Lipinski definition) is 1. The van der Waals surface area contributed by atoms with E-state index in [9.17, 15) is 9.59 Å². The van der Waals surface area contributed by atoms with Crippen molar-refractivity contribution >= 4 is 40.2 Å². The van der Waals surface area contributed by atoms with Gasteiger partial charge in [0.05, 0.1) is 16.1 Å². The number of ether oxygens (including phenoxy) is 1. The average Bonchev–Trinajstić information content (AvgIpc) is 2.62. The van der Waals surface area contributed by atoms with Crippen LogP contribution >= 0.6 is 11.6 Å². The van der Waals surface area contributed by atoms with E-state index in [1.54, 1.807) is 31.2 Å². The molecule has 1 atom stereocenters. The van der Waals surface area contributed by atoms with Gasteiger partial charge in [0.2, 0.25) is 0 Å². The summed E-state index contributed by atoms with van der Waals surface area (Å²) < 4.78 is 5.32. The first-order valence-electron chi connectivity index (χ1n) is 7.94. The van der Waals surface area contributed by atoms with Crippen molar-refractivity contribution in [3.8, 4) is 0 Å². The van der Waals surface area contributed by atoms with E-state index >= 15 is 0 Å². The summed E-state index contributed by atoms with van der Waals surface area (Å²) in [4.78, 5) is 33.1. The Hall–Kier alpha value is -2.99. The summed E-state index contributed by atoms with van der Waals surface area (Å²) in [6.45, 7) is 3.30. The minimum absolute atomic E-state index is 0.326. The second kappa shape index (κ2) is 7.49. The van der Waals surface area contributed by atoms with Crippen LogP contribution in [-0.2, 0) is 9.53 Å². The van der Waals surface area contributed by atoms with Crippen LogP contribution in [0.25, 0.3) is 10.9 Å². The SMILES string of the molecule is Cc1cc(C(=O)OC(C)C(=O)Nc2ccc(Cl)cn2)c2ccccc2n1. The molecule has 1 amide bonds. The maximum atomic E-state index is 12.6. The Bertz CT molecular complexity index is 973. The summed E-state index contributed by atoms with van der Waals surface area (Å²) in [7, 11) is 0. The minimum atomic E-state index is -0.993. The zero-order valence-corrected chi connectivity index (χ0v) is 14.9. The first kappa shape index (κ1) is 17.8. The zero-order valence-electron chi connectivity index (χ0n) is 14.2. The average molecular weight is 370 g/mol. The maximum absolute atomic E-state index is 12.6. The van der Waals surface area contributed by atoms with Crippen molar-refractivity contribution in [2.24, 2.45) is 0 Å². The summed E-state index contributed by atoms with van der Waals surface area (Å²) in [5, 5.41) is 3.71. The van der Waals surface area contributed by atoms with E-state index in [4.69, 9.17) is 16.3 Å². The van der Waals surface area contributed by atoms with E-state index in [0.717, 1.165) is 0 Å². The number of halogens is 1. The second-order valence-electron chi connectivity index (χ2n) is 5.73. The van der Waals surface area contributed by atoms with Gasteiger partial charge in [0.25, 0.3) is 5.91 Å². The van der Waals surface area contributed by atoms with Gasteiger partial charge in [-0.3, -0.25) is 9.78 Å². The highest BCUT2D eigenvalue weighted by Gasteiger charge is 2.21. The van der Waals surface area contributed by atoms with Gasteiger partial charge < -0.3 is 10.1 Å². The van der Waals surface area contributed by atoms with Crippen molar-refractivity contribution in [3.63, 3.8) is 0 Å². The standard InChI is InChI=1S/C19H16ClN3O3/c1-11-9-15(14-5-3-4-6-16(14)22-11)19(25)26-12(2)18(24)23-17-8-7-13(20)10-21-17/h3-10,12H,1-2H3,(H,21,23,24). The van der Waals surface area contributed by atoms with E-state index in [1.165, 1.54) is 13.1 Å². The fourth-order valence-electron chi connectivity index (χ4n) is 2.43. The van der Waals surface area contributed by atoms with Gasteiger partial charge in [0, 0.05) is 17.3 Å². The van der Waals surface area contributed by atoms with Crippen LogP contribution in [0, 0.1) is 6.92 Å². The molecule has 0 aliphatic heterocycles. The molecule has 0 fully saturated rings. The molecule has 2 aromatic heterocycles. The van der Waals surface area contributed by atoms with Crippen molar-refractivity contribution in [2.75, 3.05) is 5.32 Å². The van der Waals surface area contributed by atoms with Gasteiger partial charge in [-0.1, -0.05) is 29.8 Å². The fraction of sp³-hybridized carbons (Fsp3) is 0.158. The van der Waals surface area contributed by atoms with Gasteiger partial charge in [-0.05, 0) is 38.1 Å². The predicted molar refractivity (Wildman–Crippen MR) is 99.2 cm³/mol. The molecule has 1 unspecified atom stereocenters. The monoisotopic (exact) mass is 369 g/mol. The van der Waals surface area contributed by atoms with Gasteiger partial charge in [0.15, 0.2) is 6.10 Å². The van der Waals surface area contributed by atoms with Crippen LogP contribution in [0.4, 0.5) is 5.82 Å². The highest BCUT2D eigenvalue weighted by Crippen LogP contribution is 2.20. The molecule has 0 spiro atoms. The first-order valence-corrected chi connectivity index (χ1v) is 8.31. The van der Waals surface area contributed by atoms with Crippen LogP contribution in [0.2, 0.25) is 5.02 Å². The lowest BCUT2D eigenvalue weighted by atomic mass is 10.1. The Kier molecular flexibility index (Phi) is 5.14. The molecule has 0 saturated carbocycles. The van der Waals surface area contributed by atoms with Crippen LogP contribution in [0.15, 0.2) is 48.7 Å². The number of carbonyl (C=O) groups is 2. The number of aromatic nitrogens is 2. The highest BCUT2D eigenvalue weighted by atomic mass is 35.5. The van der Waals surface area contributed by atoms with Gasteiger partial charge >= 0.3 is 5.97 Å². The van der Waals surface area contributed by atoms with Crippen LogP contribution in [0.3, 0.4) is 0 Å². The molecule has 0 aliphatic carbocycles. The molecule has 0 aliphatic rings. The molecule has 2 heterocycles. The molecule has 1 aromatic carbocycles. The van der Waals surface area contributed by atoms with Crippen LogP contribution in [-0.4, -0.2) is 27.9 Å². The Morgan fingerprint density at radius 3 is 2.69 bits per heavy atom. The van der Waals surface area contributed by atoms with Crippen molar-refractivity contribution < 1.29 is 14.3 Å². The number of rotatable bonds is 4. The van der Waals surface area contributed by atoms with E-state index in [0.29, 0.717) is 33.0 Å². The third kappa shape index (κ3) is 3.97. The molecule has 26 heavy (non-hydrogen) atoms. The maximum Gasteiger partial charge on any atom is 0.339 e. The lowest BCUT2D eigenvalue weighted by Crippen LogP contribution is -2.30. The third-order valence-electron chi connectivity index (χ3n) is 3.70. The Balaban J connectivity index is 1.75. The predicted octanol–water partition coefficient (Wildman–Crippen LogP) is 3.78. The van der Waals surface area contributed by atoms with Gasteiger partial charge in [0.1, 0.15) is 5.82 Å². The third-order valence-corrected chi connectivity index (χ3v) is 3.92. The molecular formula is C19H16ClN3O3. The second-order valence-corrected chi connectivity index (χ2v) is 6.16. The zero-order chi connectivity index (χ0) is 18.7. The van der Waals surface area contributed by atoms with Gasteiger partial charge in [-0.25, -0.2) is 9.78 Å². The Morgan fingerprint density at radius 2 is 1.96 bits per heavy atom. The van der Waals surface area contributed by atoms with E-state index in [2.05, 4.69) is 15.3 Å². The topological polar surface area (TPSA) is 81.2 Å². The van der Waals surface area contributed by atoms with Crippen molar-refractivity contribution in [1.29, 1.82) is 0 Å². The van der Waals surface area contributed by atoms with Crippen molar-refractivity contribution in [3.05, 3.63) is 64.9 Å². The molecule has 1 N–H and O–H groups in total. The lowest BCUT2D eigenvalue weighted by Gasteiger charge is -2.14. The molecule has 7 heteroatoms. The first-order chi connectivity index (χ1) is 12.4. The summed E-state index contributed by atoms with van der Waals surface area (Å²) in [5.41, 5.74) is 1.76. The fourth-order valence-corrected chi connectivity index (χ4v) is 2.54. The molecule has 3 rings (SSSR count). The van der Waals surface area contributed by atoms with Gasteiger partial charge in [-0.15, -0.1) is 0 Å². The normalized spacial score (nSPS) is 11.8. The number of pyridine rings is 2. The Labute approximate surface area is 155 Å². The number of carbonyl (C=O) groups excluding carboxylic acids is 2. The number of esters is 1. The van der Waals surface area contributed by atoms with Crippen molar-refractivity contribution in [2.45, 2.75) is 20.0 Å². The lowest BCUT2D eigenvalue weighted by molar-refractivity contribution is -0.123. The summed E-state index contributed by atoms with van der Waals surface area (Å²) in [6.07, 6.45) is 0.423. The minimum Gasteiger partial charge on any atom is -0.449 e. The number of aryl methyl sites for hydroxylation is 1. The number of fused-ring (bicyclic) bond motifs is 1. The number of nitrogens with zero attached hydrogens (tertiary/aromatic N) is 2. The summed E-state index contributed by atoms with van der Waals surface area (Å²) in [5.74, 6) is -0.742. The largest absolute Gasteiger partial charge is 0.449 e. The Morgan fingerprint density at radius 1 is 1.19 bits per heavy atom. The number of para-hydroxylation sites is 1. The smallest absolute Gasteiger partial charge is 0.339 e. The summed E-state index contributed by atoms with van der Waals surface area (Å²) in [6, 6.07) is 12.1. The van der Waals surface area contributed by atoms with E-state index in [1.807, 2.05) is 18.2 Å².